The molecule has 0 fully saturated rings. The van der Waals surface area contributed by atoms with Gasteiger partial charge in [0.1, 0.15) is 0 Å². The first kappa shape index (κ1) is 17.9. The van der Waals surface area contributed by atoms with Crippen LogP contribution in [0.25, 0.3) is 0 Å². The average Bonchev–Trinajstić information content (AvgIpc) is 2.80. The van der Waals surface area contributed by atoms with E-state index in [0.717, 1.165) is 24.1 Å². The molecular weight excluding hydrogens is 355 g/mol. The molecule has 0 radical (unpaired) electrons. The van der Waals surface area contributed by atoms with Crippen molar-refractivity contribution in [3.8, 4) is 11.5 Å². The molecular formula is C18H17ClF3NO2. The highest BCUT2D eigenvalue weighted by Gasteiger charge is 2.30. The summed E-state index contributed by atoms with van der Waals surface area (Å²) in [5.74, 6) is 1.14. The van der Waals surface area contributed by atoms with Crippen molar-refractivity contribution < 1.29 is 22.6 Å². The van der Waals surface area contributed by atoms with E-state index >= 15 is 0 Å². The Morgan fingerprint density at radius 1 is 1.00 bits per heavy atom. The summed E-state index contributed by atoms with van der Waals surface area (Å²) >= 11 is 6.23. The summed E-state index contributed by atoms with van der Waals surface area (Å²) in [6.45, 7) is 1.88. The van der Waals surface area contributed by atoms with Crippen LogP contribution in [0.3, 0.4) is 0 Å². The Hall–Kier alpha value is -1.92. The zero-order chi connectivity index (χ0) is 17.9. The van der Waals surface area contributed by atoms with Gasteiger partial charge in [0, 0.05) is 19.5 Å². The lowest BCUT2D eigenvalue weighted by Gasteiger charge is -2.13. The van der Waals surface area contributed by atoms with Gasteiger partial charge in [-0.05, 0) is 29.3 Å². The lowest BCUT2D eigenvalue weighted by Crippen LogP contribution is -2.14. The lowest BCUT2D eigenvalue weighted by molar-refractivity contribution is -0.137. The number of hydrogen-bond acceptors (Lipinski definition) is 3. The minimum atomic E-state index is -4.34. The average molecular weight is 372 g/mol. The van der Waals surface area contributed by atoms with Crippen LogP contribution in [0.4, 0.5) is 13.2 Å². The smallest absolute Gasteiger partial charge is 0.416 e. The minimum Gasteiger partial charge on any atom is -0.489 e. The first-order valence-corrected chi connectivity index (χ1v) is 8.26. The fraction of sp³-hybridized carbons (Fsp3) is 0.333. The minimum absolute atomic E-state index is 0.315. The van der Waals surface area contributed by atoms with E-state index in [-0.39, 0.29) is 0 Å². The van der Waals surface area contributed by atoms with Gasteiger partial charge >= 0.3 is 6.18 Å². The van der Waals surface area contributed by atoms with Gasteiger partial charge in [-0.15, -0.1) is 0 Å². The molecule has 3 rings (SSSR count). The van der Waals surface area contributed by atoms with Gasteiger partial charge in [0.25, 0.3) is 0 Å². The quantitative estimate of drug-likeness (QED) is 0.836. The maximum atomic E-state index is 12.7. The number of hydrogen-bond donors (Lipinski definition) is 1. The predicted molar refractivity (Wildman–Crippen MR) is 89.0 cm³/mol. The molecule has 0 amide bonds. The molecule has 25 heavy (non-hydrogen) atoms. The molecule has 0 unspecified atom stereocenters. The van der Waals surface area contributed by atoms with Crippen LogP contribution in [0.2, 0.25) is 5.02 Å². The van der Waals surface area contributed by atoms with Crippen molar-refractivity contribution in [3.05, 3.63) is 58.1 Å². The number of fused-ring (bicyclic) bond motifs is 1. The largest absolute Gasteiger partial charge is 0.489 e. The van der Waals surface area contributed by atoms with Crippen LogP contribution >= 0.6 is 11.6 Å². The van der Waals surface area contributed by atoms with E-state index in [9.17, 15) is 13.2 Å². The lowest BCUT2D eigenvalue weighted by atomic mass is 10.1. The summed E-state index contributed by atoms with van der Waals surface area (Å²) < 4.78 is 49.4. The van der Waals surface area contributed by atoms with E-state index in [0.29, 0.717) is 48.4 Å². The highest BCUT2D eigenvalue weighted by molar-refractivity contribution is 6.32. The summed E-state index contributed by atoms with van der Waals surface area (Å²) in [7, 11) is 0. The van der Waals surface area contributed by atoms with Crippen LogP contribution in [0.1, 0.15) is 23.1 Å². The third kappa shape index (κ3) is 4.58. The Kier molecular flexibility index (Phi) is 5.39. The Balaban J connectivity index is 1.65. The van der Waals surface area contributed by atoms with E-state index < -0.39 is 11.7 Å². The number of ether oxygens (including phenoxy) is 2. The number of benzene rings is 2. The predicted octanol–water partition coefficient (Wildman–Crippen LogP) is 4.81. The van der Waals surface area contributed by atoms with Crippen LogP contribution in [-0.2, 0) is 19.3 Å². The zero-order valence-corrected chi connectivity index (χ0v) is 14.1. The number of nitrogens with one attached hydrogen (secondary N) is 1. The van der Waals surface area contributed by atoms with Crippen molar-refractivity contribution in [1.29, 1.82) is 0 Å². The van der Waals surface area contributed by atoms with Gasteiger partial charge in [-0.25, -0.2) is 0 Å². The van der Waals surface area contributed by atoms with Gasteiger partial charge in [0.15, 0.2) is 11.5 Å². The summed E-state index contributed by atoms with van der Waals surface area (Å²) in [6.07, 6.45) is -3.55. The maximum absolute atomic E-state index is 12.7. The summed E-state index contributed by atoms with van der Waals surface area (Å²) in [5, 5.41) is 3.59. The van der Waals surface area contributed by atoms with Crippen LogP contribution < -0.4 is 14.8 Å². The molecule has 1 aliphatic rings. The fourth-order valence-corrected chi connectivity index (χ4v) is 2.88. The first-order chi connectivity index (χ1) is 11.9. The maximum Gasteiger partial charge on any atom is 0.416 e. The molecule has 2 aromatic carbocycles. The molecule has 1 heterocycles. The van der Waals surface area contributed by atoms with Crippen molar-refractivity contribution >= 4 is 11.6 Å². The number of alkyl halides is 3. The normalized spacial score (nSPS) is 14.2. The monoisotopic (exact) mass is 371 g/mol. The molecule has 134 valence electrons. The first-order valence-electron chi connectivity index (χ1n) is 7.88. The second-order valence-corrected chi connectivity index (χ2v) is 6.16. The molecule has 0 atom stereocenters. The van der Waals surface area contributed by atoms with E-state index in [1.807, 2.05) is 6.07 Å². The Labute approximate surface area is 148 Å². The van der Waals surface area contributed by atoms with E-state index in [2.05, 4.69) is 5.32 Å². The Morgan fingerprint density at radius 2 is 1.76 bits per heavy atom. The highest BCUT2D eigenvalue weighted by atomic mass is 35.5. The molecule has 3 nitrogen and oxygen atoms in total. The van der Waals surface area contributed by atoms with Crippen molar-refractivity contribution in [2.75, 3.05) is 13.2 Å². The van der Waals surface area contributed by atoms with Gasteiger partial charge < -0.3 is 14.8 Å². The molecule has 1 aliphatic heterocycles. The van der Waals surface area contributed by atoms with Crippen molar-refractivity contribution in [3.63, 3.8) is 0 Å². The molecule has 0 spiro atoms. The molecule has 0 aliphatic carbocycles. The Morgan fingerprint density at radius 3 is 2.56 bits per heavy atom. The zero-order valence-electron chi connectivity index (χ0n) is 13.3. The van der Waals surface area contributed by atoms with Gasteiger partial charge in [-0.3, -0.25) is 0 Å². The second kappa shape index (κ2) is 7.54. The molecule has 7 heteroatoms. The van der Waals surface area contributed by atoms with Gasteiger partial charge in [-0.1, -0.05) is 29.8 Å². The standard InChI is InChI=1S/C18H17ClF3NO2/c19-15-8-13(9-16-17(15)25-6-2-5-24-16)11-23-10-12-3-1-4-14(7-12)18(20,21)22/h1,3-4,7-9,23H,2,5-6,10-11H2. The molecule has 0 bridgehead atoms. The molecule has 0 saturated heterocycles. The van der Waals surface area contributed by atoms with Crippen LogP contribution in [0, 0.1) is 0 Å². The van der Waals surface area contributed by atoms with Gasteiger partial charge in [0.05, 0.1) is 23.8 Å². The molecule has 0 aromatic heterocycles. The number of rotatable bonds is 4. The molecule has 1 N–H and O–H groups in total. The van der Waals surface area contributed by atoms with Crippen molar-refractivity contribution in [2.45, 2.75) is 25.7 Å². The van der Waals surface area contributed by atoms with Crippen molar-refractivity contribution in [1.82, 2.24) is 5.32 Å². The van der Waals surface area contributed by atoms with E-state index in [1.54, 1.807) is 12.1 Å². The van der Waals surface area contributed by atoms with E-state index in [1.165, 1.54) is 6.07 Å². The van der Waals surface area contributed by atoms with Crippen LogP contribution in [0.15, 0.2) is 36.4 Å². The summed E-state index contributed by atoms with van der Waals surface area (Å²) in [4.78, 5) is 0. The van der Waals surface area contributed by atoms with Gasteiger partial charge in [0.2, 0.25) is 0 Å². The van der Waals surface area contributed by atoms with Crippen molar-refractivity contribution in [2.24, 2.45) is 0 Å². The summed E-state index contributed by atoms with van der Waals surface area (Å²) in [6, 6.07) is 8.88. The van der Waals surface area contributed by atoms with Crippen LogP contribution in [0.5, 0.6) is 11.5 Å². The topological polar surface area (TPSA) is 30.5 Å². The fourth-order valence-electron chi connectivity index (χ4n) is 2.60. The number of halogens is 4. The second-order valence-electron chi connectivity index (χ2n) is 5.76. The van der Waals surface area contributed by atoms with E-state index in [4.69, 9.17) is 21.1 Å². The SMILES string of the molecule is FC(F)(F)c1cccc(CNCc2cc(Cl)c3c(c2)OCCCO3)c1. The summed E-state index contributed by atoms with van der Waals surface area (Å²) in [5.41, 5.74) is 0.793. The molecule has 2 aromatic rings. The molecule has 0 saturated carbocycles. The third-order valence-corrected chi connectivity index (χ3v) is 4.06. The Bertz CT molecular complexity index is 750. The third-order valence-electron chi connectivity index (χ3n) is 3.77. The highest BCUT2D eigenvalue weighted by Crippen LogP contribution is 2.38. The van der Waals surface area contributed by atoms with Crippen LogP contribution in [-0.4, -0.2) is 13.2 Å². The van der Waals surface area contributed by atoms with Gasteiger partial charge in [-0.2, -0.15) is 13.2 Å².